The first kappa shape index (κ1) is 19.6. The predicted octanol–water partition coefficient (Wildman–Crippen LogP) is 3.91. The standard InChI is InChI=1S/C18H18F3NO4/c1-24-8-9-25-15-6-2-4-13(10-15)17(23)22-14-5-3-7-16(11-14)26-12-18(19,20)21/h2-7,10-11H,8-9,12H2,1H3,(H,22,23). The third-order valence-corrected chi connectivity index (χ3v) is 3.15. The number of methoxy groups -OCH3 is 1. The van der Waals surface area contributed by atoms with Gasteiger partial charge in [0.2, 0.25) is 0 Å². The van der Waals surface area contributed by atoms with Gasteiger partial charge < -0.3 is 19.5 Å². The summed E-state index contributed by atoms with van der Waals surface area (Å²) in [5.41, 5.74) is 0.668. The number of benzene rings is 2. The van der Waals surface area contributed by atoms with Gasteiger partial charge in [-0.2, -0.15) is 13.2 Å². The molecule has 5 nitrogen and oxygen atoms in total. The molecule has 0 aliphatic heterocycles. The number of ether oxygens (including phenoxy) is 3. The van der Waals surface area contributed by atoms with E-state index in [2.05, 4.69) is 10.1 Å². The molecular weight excluding hydrogens is 351 g/mol. The maximum atomic E-state index is 12.3. The number of hydrogen-bond acceptors (Lipinski definition) is 4. The Kier molecular flexibility index (Phi) is 6.85. The number of rotatable bonds is 8. The van der Waals surface area contributed by atoms with Gasteiger partial charge in [0, 0.05) is 24.4 Å². The highest BCUT2D eigenvalue weighted by atomic mass is 19.4. The molecule has 8 heteroatoms. The molecule has 26 heavy (non-hydrogen) atoms. The zero-order chi connectivity index (χ0) is 19.0. The molecule has 1 N–H and O–H groups in total. The van der Waals surface area contributed by atoms with Crippen molar-refractivity contribution >= 4 is 11.6 Å². The van der Waals surface area contributed by atoms with Gasteiger partial charge in [-0.25, -0.2) is 0 Å². The molecule has 0 heterocycles. The average Bonchev–Trinajstić information content (AvgIpc) is 2.60. The van der Waals surface area contributed by atoms with Gasteiger partial charge in [0.05, 0.1) is 6.61 Å². The van der Waals surface area contributed by atoms with Gasteiger partial charge in [0.25, 0.3) is 5.91 Å². The maximum absolute atomic E-state index is 12.3. The van der Waals surface area contributed by atoms with Gasteiger partial charge in [0.1, 0.15) is 18.1 Å². The number of carbonyl (C=O) groups excluding carboxylic acids is 1. The number of alkyl halides is 3. The highest BCUT2D eigenvalue weighted by Gasteiger charge is 2.28. The lowest BCUT2D eigenvalue weighted by atomic mass is 10.2. The largest absolute Gasteiger partial charge is 0.491 e. The monoisotopic (exact) mass is 369 g/mol. The van der Waals surface area contributed by atoms with Crippen LogP contribution in [0.5, 0.6) is 11.5 Å². The van der Waals surface area contributed by atoms with Crippen LogP contribution in [-0.4, -0.2) is 39.0 Å². The predicted molar refractivity (Wildman–Crippen MR) is 89.8 cm³/mol. The van der Waals surface area contributed by atoms with Crippen LogP contribution in [0.4, 0.5) is 18.9 Å². The van der Waals surface area contributed by atoms with Gasteiger partial charge >= 0.3 is 6.18 Å². The summed E-state index contributed by atoms with van der Waals surface area (Å²) in [6, 6.07) is 12.3. The second-order valence-electron chi connectivity index (χ2n) is 5.25. The summed E-state index contributed by atoms with van der Waals surface area (Å²) < 4.78 is 51.6. The lowest BCUT2D eigenvalue weighted by Crippen LogP contribution is -2.19. The number of anilines is 1. The molecule has 1 amide bonds. The molecule has 0 aliphatic rings. The Bertz CT molecular complexity index is 734. The van der Waals surface area contributed by atoms with E-state index in [0.29, 0.717) is 30.2 Å². The molecule has 0 saturated carbocycles. The minimum atomic E-state index is -4.43. The minimum absolute atomic E-state index is 0.0109. The van der Waals surface area contributed by atoms with Gasteiger partial charge in [0.15, 0.2) is 6.61 Å². The van der Waals surface area contributed by atoms with Gasteiger partial charge in [-0.05, 0) is 30.3 Å². The van der Waals surface area contributed by atoms with E-state index in [0.717, 1.165) is 0 Å². The van der Waals surface area contributed by atoms with Gasteiger partial charge in [-0.1, -0.05) is 12.1 Å². The third kappa shape index (κ3) is 6.64. The molecule has 0 aliphatic carbocycles. The fraction of sp³-hybridized carbons (Fsp3) is 0.278. The zero-order valence-corrected chi connectivity index (χ0v) is 14.0. The Labute approximate surface area is 148 Å². The lowest BCUT2D eigenvalue weighted by molar-refractivity contribution is -0.153. The highest BCUT2D eigenvalue weighted by Crippen LogP contribution is 2.22. The van der Waals surface area contributed by atoms with Crippen molar-refractivity contribution in [2.24, 2.45) is 0 Å². The Hall–Kier alpha value is -2.74. The number of carbonyl (C=O) groups is 1. The maximum Gasteiger partial charge on any atom is 0.422 e. The average molecular weight is 369 g/mol. The molecule has 0 unspecified atom stereocenters. The summed E-state index contributed by atoms with van der Waals surface area (Å²) in [4.78, 5) is 12.3. The van der Waals surface area contributed by atoms with E-state index in [9.17, 15) is 18.0 Å². The molecule has 2 rings (SSSR count). The normalized spacial score (nSPS) is 11.1. The van der Waals surface area contributed by atoms with Crippen molar-refractivity contribution < 1.29 is 32.2 Å². The minimum Gasteiger partial charge on any atom is -0.491 e. The van der Waals surface area contributed by atoms with E-state index in [1.807, 2.05) is 0 Å². The van der Waals surface area contributed by atoms with E-state index in [1.165, 1.54) is 18.2 Å². The van der Waals surface area contributed by atoms with Crippen LogP contribution in [0.25, 0.3) is 0 Å². The summed E-state index contributed by atoms with van der Waals surface area (Å²) in [6.45, 7) is -0.632. The van der Waals surface area contributed by atoms with Crippen LogP contribution in [0.2, 0.25) is 0 Å². The third-order valence-electron chi connectivity index (χ3n) is 3.15. The fourth-order valence-electron chi connectivity index (χ4n) is 2.00. The van der Waals surface area contributed by atoms with Crippen LogP contribution in [0, 0.1) is 0 Å². The topological polar surface area (TPSA) is 56.8 Å². The first-order valence-electron chi connectivity index (χ1n) is 7.70. The summed E-state index contributed by atoms with van der Waals surface area (Å²) >= 11 is 0. The highest BCUT2D eigenvalue weighted by molar-refractivity contribution is 6.04. The van der Waals surface area contributed by atoms with Crippen molar-refractivity contribution in [1.82, 2.24) is 0 Å². The van der Waals surface area contributed by atoms with Crippen LogP contribution in [0.3, 0.4) is 0 Å². The van der Waals surface area contributed by atoms with E-state index < -0.39 is 18.7 Å². The molecule has 2 aromatic rings. The Morgan fingerprint density at radius 1 is 1.00 bits per heavy atom. The Balaban J connectivity index is 2.00. The van der Waals surface area contributed by atoms with Crippen LogP contribution in [-0.2, 0) is 4.74 Å². The first-order valence-corrected chi connectivity index (χ1v) is 7.70. The summed E-state index contributed by atoms with van der Waals surface area (Å²) in [5.74, 6) is 0.101. The molecule has 2 aromatic carbocycles. The zero-order valence-electron chi connectivity index (χ0n) is 14.0. The molecule has 0 radical (unpaired) electrons. The molecule has 0 bridgehead atoms. The second-order valence-corrected chi connectivity index (χ2v) is 5.25. The fourth-order valence-corrected chi connectivity index (χ4v) is 2.00. The summed E-state index contributed by atoms with van der Waals surface area (Å²) in [5, 5.41) is 2.61. The van der Waals surface area contributed by atoms with Crippen molar-refractivity contribution in [3.8, 4) is 11.5 Å². The van der Waals surface area contributed by atoms with Crippen LogP contribution in [0.1, 0.15) is 10.4 Å². The van der Waals surface area contributed by atoms with Crippen molar-refractivity contribution in [3.63, 3.8) is 0 Å². The van der Waals surface area contributed by atoms with E-state index in [4.69, 9.17) is 9.47 Å². The van der Waals surface area contributed by atoms with E-state index in [1.54, 1.807) is 37.4 Å². The van der Waals surface area contributed by atoms with Crippen molar-refractivity contribution in [2.45, 2.75) is 6.18 Å². The molecular formula is C18H18F3NO4. The van der Waals surface area contributed by atoms with Crippen molar-refractivity contribution in [3.05, 3.63) is 54.1 Å². The van der Waals surface area contributed by atoms with Crippen LogP contribution in [0.15, 0.2) is 48.5 Å². The molecule has 140 valence electrons. The van der Waals surface area contributed by atoms with Crippen molar-refractivity contribution in [1.29, 1.82) is 0 Å². The molecule has 0 saturated heterocycles. The quantitative estimate of drug-likeness (QED) is 0.717. The Morgan fingerprint density at radius 2 is 1.69 bits per heavy atom. The number of halogens is 3. The number of nitrogens with one attached hydrogen (secondary N) is 1. The SMILES string of the molecule is COCCOc1cccc(C(=O)Nc2cccc(OCC(F)(F)F)c2)c1. The lowest BCUT2D eigenvalue weighted by Gasteiger charge is -2.11. The summed E-state index contributed by atoms with van der Waals surface area (Å²) in [7, 11) is 1.56. The smallest absolute Gasteiger partial charge is 0.422 e. The summed E-state index contributed by atoms with van der Waals surface area (Å²) in [6.07, 6.45) is -4.43. The first-order chi connectivity index (χ1) is 12.4. The van der Waals surface area contributed by atoms with Crippen LogP contribution >= 0.6 is 0 Å². The number of amides is 1. The Morgan fingerprint density at radius 3 is 2.38 bits per heavy atom. The van der Waals surface area contributed by atoms with Crippen LogP contribution < -0.4 is 14.8 Å². The molecule has 0 aromatic heterocycles. The van der Waals surface area contributed by atoms with Gasteiger partial charge in [-0.3, -0.25) is 4.79 Å². The number of hydrogen-bond donors (Lipinski definition) is 1. The van der Waals surface area contributed by atoms with Crippen molar-refractivity contribution in [2.75, 3.05) is 32.2 Å². The second kappa shape index (κ2) is 9.10. The van der Waals surface area contributed by atoms with Gasteiger partial charge in [-0.15, -0.1) is 0 Å². The molecule has 0 atom stereocenters. The molecule has 0 fully saturated rings. The van der Waals surface area contributed by atoms with E-state index >= 15 is 0 Å². The molecule has 0 spiro atoms. The van der Waals surface area contributed by atoms with E-state index in [-0.39, 0.29) is 5.75 Å².